The van der Waals surface area contributed by atoms with Crippen LogP contribution in [0.3, 0.4) is 0 Å². The van der Waals surface area contributed by atoms with Crippen LogP contribution in [0.4, 0.5) is 0 Å². The van der Waals surface area contributed by atoms with Crippen LogP contribution in [0, 0.1) is 0 Å². The minimum atomic E-state index is -1.50. The molecule has 0 spiro atoms. The molecule has 0 atom stereocenters. The highest BCUT2D eigenvalue weighted by atomic mass is 32.1. The molecule has 0 unspecified atom stereocenters. The molecular weight excluding hydrogens is 330 g/mol. The van der Waals surface area contributed by atoms with Gasteiger partial charge in [-0.2, -0.15) is 9.36 Å². The zero-order valence-corrected chi connectivity index (χ0v) is 13.0. The third kappa shape index (κ3) is 3.08. The van der Waals surface area contributed by atoms with Gasteiger partial charge in [-0.3, -0.25) is 4.57 Å². The van der Waals surface area contributed by atoms with E-state index in [9.17, 15) is 9.59 Å². The van der Waals surface area contributed by atoms with Crippen LogP contribution in [-0.2, 0) is 9.59 Å². The number of benzene rings is 1. The number of nitrogens with zero attached hydrogens (tertiary/aromatic N) is 3. The van der Waals surface area contributed by atoms with E-state index in [1.165, 1.54) is 0 Å². The van der Waals surface area contributed by atoms with Crippen molar-refractivity contribution in [3.8, 4) is 16.5 Å². The first kappa shape index (κ1) is 15.6. The molecule has 0 fully saturated rings. The van der Waals surface area contributed by atoms with E-state index in [1.807, 2.05) is 30.3 Å². The van der Waals surface area contributed by atoms with E-state index in [0.717, 1.165) is 23.2 Å². The number of hydrogen-bond acceptors (Lipinski definition) is 5. The highest BCUT2D eigenvalue weighted by molar-refractivity contribution is 7.08. The fraction of sp³-hybridized carbons (Fsp3) is 0. The Morgan fingerprint density at radius 1 is 1.04 bits per heavy atom. The highest BCUT2D eigenvalue weighted by Gasteiger charge is 2.18. The van der Waals surface area contributed by atoms with Gasteiger partial charge in [0.1, 0.15) is 5.57 Å². The zero-order chi connectivity index (χ0) is 17.1. The van der Waals surface area contributed by atoms with Crippen molar-refractivity contribution < 1.29 is 19.8 Å². The van der Waals surface area contributed by atoms with Gasteiger partial charge >= 0.3 is 11.9 Å². The average Bonchev–Trinajstić information content (AvgIpc) is 3.21. The lowest BCUT2D eigenvalue weighted by molar-refractivity contribution is -0.140. The summed E-state index contributed by atoms with van der Waals surface area (Å²) in [6, 6.07) is 12.7. The number of aromatic nitrogens is 3. The van der Waals surface area contributed by atoms with Gasteiger partial charge in [0.25, 0.3) is 0 Å². The fourth-order valence-electron chi connectivity index (χ4n) is 2.07. The second kappa shape index (κ2) is 6.47. The van der Waals surface area contributed by atoms with Crippen LogP contribution in [0.1, 0.15) is 5.69 Å². The molecule has 0 aliphatic carbocycles. The van der Waals surface area contributed by atoms with Crippen LogP contribution in [-0.4, -0.2) is 36.1 Å². The molecule has 1 aromatic carbocycles. The van der Waals surface area contributed by atoms with Gasteiger partial charge in [0, 0.05) is 29.0 Å². The first-order chi connectivity index (χ1) is 11.6. The number of aliphatic carboxylic acids is 2. The fourth-order valence-corrected chi connectivity index (χ4v) is 2.76. The molecule has 3 rings (SSSR count). The smallest absolute Gasteiger partial charge is 0.343 e. The van der Waals surface area contributed by atoms with Crippen molar-refractivity contribution in [2.75, 3.05) is 0 Å². The summed E-state index contributed by atoms with van der Waals surface area (Å²) in [5.74, 6) is -2.45. The van der Waals surface area contributed by atoms with E-state index < -0.39 is 17.5 Å². The summed E-state index contributed by atoms with van der Waals surface area (Å²) in [5.41, 5.74) is 0.536. The van der Waals surface area contributed by atoms with Gasteiger partial charge in [0.05, 0.1) is 0 Å². The zero-order valence-electron chi connectivity index (χ0n) is 12.2. The van der Waals surface area contributed by atoms with E-state index in [2.05, 4.69) is 9.36 Å². The maximum absolute atomic E-state index is 11.0. The molecule has 0 bridgehead atoms. The number of hydrogen-bond donors (Lipinski definition) is 2. The number of carboxylic acids is 2. The van der Waals surface area contributed by atoms with E-state index in [1.54, 1.807) is 22.9 Å². The molecule has 8 heteroatoms. The molecule has 3 aromatic rings. The molecule has 7 nitrogen and oxygen atoms in total. The van der Waals surface area contributed by atoms with Gasteiger partial charge in [-0.25, -0.2) is 9.59 Å². The second-order valence-electron chi connectivity index (χ2n) is 4.74. The highest BCUT2D eigenvalue weighted by Crippen LogP contribution is 2.22. The lowest BCUT2D eigenvalue weighted by Crippen LogP contribution is -2.11. The topological polar surface area (TPSA) is 105 Å². The Hall–Kier alpha value is -3.26. The first-order valence-electron chi connectivity index (χ1n) is 6.81. The Bertz CT molecular complexity index is 912. The Morgan fingerprint density at radius 3 is 2.42 bits per heavy atom. The molecular formula is C16H11N3O4S. The molecule has 2 heterocycles. The lowest BCUT2D eigenvalue weighted by atomic mass is 10.2. The quantitative estimate of drug-likeness (QED) is 0.420. The standard InChI is InChI=1S/C16H11N3O4S/c20-14(21)12(15(22)23)9-11-7-4-8-19(11)16-17-13(18-24-16)10-5-2-1-3-6-10/h1-9H,(H,20,21)(H,22,23). The predicted molar refractivity (Wildman–Crippen MR) is 87.9 cm³/mol. The van der Waals surface area contributed by atoms with E-state index in [0.29, 0.717) is 16.6 Å². The molecule has 0 radical (unpaired) electrons. The van der Waals surface area contributed by atoms with Crippen LogP contribution in [0.15, 0.2) is 54.2 Å². The normalized spacial score (nSPS) is 10.3. The Kier molecular flexibility index (Phi) is 4.21. The van der Waals surface area contributed by atoms with Crippen LogP contribution in [0.5, 0.6) is 0 Å². The Balaban J connectivity index is 2.00. The summed E-state index contributed by atoms with van der Waals surface area (Å²) in [5, 5.41) is 18.5. The van der Waals surface area contributed by atoms with Gasteiger partial charge in [0.15, 0.2) is 5.82 Å². The molecule has 0 aliphatic heterocycles. The first-order valence-corrected chi connectivity index (χ1v) is 7.59. The summed E-state index contributed by atoms with van der Waals surface area (Å²) < 4.78 is 5.88. The summed E-state index contributed by atoms with van der Waals surface area (Å²) in [7, 11) is 0. The van der Waals surface area contributed by atoms with Gasteiger partial charge in [0.2, 0.25) is 5.13 Å². The summed E-state index contributed by atoms with van der Waals surface area (Å²) in [4.78, 5) is 26.5. The van der Waals surface area contributed by atoms with Gasteiger partial charge in [-0.1, -0.05) is 30.3 Å². The molecule has 2 N–H and O–H groups in total. The van der Waals surface area contributed by atoms with Crippen molar-refractivity contribution in [2.24, 2.45) is 0 Å². The third-order valence-corrected chi connectivity index (χ3v) is 3.90. The minimum absolute atomic E-state index is 0.394. The maximum atomic E-state index is 11.0. The lowest BCUT2D eigenvalue weighted by Gasteiger charge is -2.02. The van der Waals surface area contributed by atoms with Crippen molar-refractivity contribution >= 4 is 29.5 Å². The largest absolute Gasteiger partial charge is 0.477 e. The SMILES string of the molecule is O=C(O)C(=Cc1cccn1-c1nc(-c2ccccc2)ns1)C(=O)O. The van der Waals surface area contributed by atoms with Gasteiger partial charge in [-0.15, -0.1) is 0 Å². The molecule has 120 valence electrons. The van der Waals surface area contributed by atoms with Crippen molar-refractivity contribution in [1.29, 1.82) is 0 Å². The summed E-state index contributed by atoms with van der Waals surface area (Å²) in [6.45, 7) is 0. The van der Waals surface area contributed by atoms with E-state index in [4.69, 9.17) is 10.2 Å². The molecule has 2 aromatic heterocycles. The maximum Gasteiger partial charge on any atom is 0.343 e. The molecule has 0 amide bonds. The van der Waals surface area contributed by atoms with Crippen molar-refractivity contribution in [3.63, 3.8) is 0 Å². The average molecular weight is 341 g/mol. The summed E-state index contributed by atoms with van der Waals surface area (Å²) >= 11 is 1.14. The Morgan fingerprint density at radius 2 is 1.75 bits per heavy atom. The number of carboxylic acid groups (broad SMARTS) is 2. The molecule has 0 saturated carbocycles. The minimum Gasteiger partial charge on any atom is -0.477 e. The number of rotatable bonds is 5. The monoisotopic (exact) mass is 341 g/mol. The molecule has 0 saturated heterocycles. The summed E-state index contributed by atoms with van der Waals surface area (Å²) in [6.07, 6.45) is 2.76. The van der Waals surface area contributed by atoms with Crippen LogP contribution >= 0.6 is 11.5 Å². The van der Waals surface area contributed by atoms with E-state index >= 15 is 0 Å². The number of carbonyl (C=O) groups is 2. The second-order valence-corrected chi connectivity index (χ2v) is 5.47. The van der Waals surface area contributed by atoms with E-state index in [-0.39, 0.29) is 0 Å². The van der Waals surface area contributed by atoms with Crippen molar-refractivity contribution in [1.82, 2.24) is 13.9 Å². The van der Waals surface area contributed by atoms with Gasteiger partial charge < -0.3 is 10.2 Å². The predicted octanol–water partition coefficient (Wildman–Crippen LogP) is 2.55. The van der Waals surface area contributed by atoms with Crippen LogP contribution in [0.25, 0.3) is 22.6 Å². The molecule has 0 aliphatic rings. The van der Waals surface area contributed by atoms with Gasteiger partial charge in [-0.05, 0) is 18.2 Å². The Labute approximate surface area is 140 Å². The van der Waals surface area contributed by atoms with Crippen molar-refractivity contribution in [3.05, 3.63) is 59.9 Å². The third-order valence-electron chi connectivity index (χ3n) is 3.19. The van der Waals surface area contributed by atoms with Crippen molar-refractivity contribution in [2.45, 2.75) is 0 Å². The van der Waals surface area contributed by atoms with Crippen LogP contribution in [0.2, 0.25) is 0 Å². The molecule has 24 heavy (non-hydrogen) atoms. The van der Waals surface area contributed by atoms with Crippen LogP contribution < -0.4 is 0 Å².